The zero-order chi connectivity index (χ0) is 14.0. The highest BCUT2D eigenvalue weighted by atomic mass is 79.9. The van der Waals surface area contributed by atoms with Crippen LogP contribution in [0.4, 0.5) is 0 Å². The van der Waals surface area contributed by atoms with Crippen molar-refractivity contribution in [3.8, 4) is 11.1 Å². The van der Waals surface area contributed by atoms with Gasteiger partial charge in [-0.3, -0.25) is 0 Å². The molecule has 0 aromatic heterocycles. The lowest BCUT2D eigenvalue weighted by Gasteiger charge is -2.04. The summed E-state index contributed by atoms with van der Waals surface area (Å²) in [7, 11) is 0. The Morgan fingerprint density at radius 1 is 0.750 bits per heavy atom. The molecule has 0 saturated carbocycles. The van der Waals surface area contributed by atoms with Gasteiger partial charge in [0.1, 0.15) is 0 Å². The minimum atomic E-state index is -0.558. The van der Waals surface area contributed by atoms with E-state index in [1.807, 2.05) is 6.07 Å². The van der Waals surface area contributed by atoms with Gasteiger partial charge in [0.2, 0.25) is 0 Å². The second kappa shape index (κ2) is 4.02. The maximum absolute atomic E-state index is 11.6. The van der Waals surface area contributed by atoms with Gasteiger partial charge in [-0.1, -0.05) is 0 Å². The lowest BCUT2D eigenvalue weighted by molar-refractivity contribution is 0.0444. The zero-order valence-electron chi connectivity index (χ0n) is 10.00. The SMILES string of the molecule is O=C1OC(=O)c2cc3c(cc21)Cc1cc(Br)c(Br)cc1-3. The summed E-state index contributed by atoms with van der Waals surface area (Å²) in [6, 6.07) is 7.63. The van der Waals surface area contributed by atoms with Crippen molar-refractivity contribution in [1.29, 1.82) is 0 Å². The zero-order valence-corrected chi connectivity index (χ0v) is 13.2. The third-order valence-electron chi connectivity index (χ3n) is 3.69. The first-order chi connectivity index (χ1) is 9.54. The molecule has 0 spiro atoms. The topological polar surface area (TPSA) is 43.4 Å². The summed E-state index contributed by atoms with van der Waals surface area (Å²) < 4.78 is 6.60. The number of halogens is 2. The number of ether oxygens (including phenoxy) is 1. The Morgan fingerprint density at radius 2 is 1.30 bits per heavy atom. The number of esters is 2. The van der Waals surface area contributed by atoms with Gasteiger partial charge < -0.3 is 4.74 Å². The molecule has 2 aliphatic rings. The molecule has 0 atom stereocenters. The van der Waals surface area contributed by atoms with E-state index >= 15 is 0 Å². The molecular formula is C15H6Br2O3. The fourth-order valence-electron chi connectivity index (χ4n) is 2.76. The molecule has 0 N–H and O–H groups in total. The average molecular weight is 394 g/mol. The van der Waals surface area contributed by atoms with Crippen LogP contribution in [0.2, 0.25) is 0 Å². The lowest BCUT2D eigenvalue weighted by Crippen LogP contribution is -1.97. The Balaban J connectivity index is 1.98. The first-order valence-electron chi connectivity index (χ1n) is 5.96. The van der Waals surface area contributed by atoms with Crippen molar-refractivity contribution < 1.29 is 14.3 Å². The summed E-state index contributed by atoms with van der Waals surface area (Å²) in [5.41, 5.74) is 5.05. The van der Waals surface area contributed by atoms with Gasteiger partial charge in [0.05, 0.1) is 11.1 Å². The maximum Gasteiger partial charge on any atom is 0.346 e. The first kappa shape index (κ1) is 12.3. The second-order valence-electron chi connectivity index (χ2n) is 4.83. The normalized spacial score (nSPS) is 14.9. The van der Waals surface area contributed by atoms with Crippen molar-refractivity contribution in [1.82, 2.24) is 0 Å². The number of rotatable bonds is 0. The Morgan fingerprint density at radius 3 is 2.05 bits per heavy atom. The molecule has 1 heterocycles. The summed E-state index contributed by atoms with van der Waals surface area (Å²) in [4.78, 5) is 23.2. The van der Waals surface area contributed by atoms with Crippen LogP contribution in [0.15, 0.2) is 33.2 Å². The van der Waals surface area contributed by atoms with Crippen LogP contribution in [0.3, 0.4) is 0 Å². The Labute approximate surface area is 131 Å². The summed E-state index contributed by atoms with van der Waals surface area (Å²) in [6.07, 6.45) is 0.755. The van der Waals surface area contributed by atoms with Gasteiger partial charge in [0, 0.05) is 8.95 Å². The van der Waals surface area contributed by atoms with Gasteiger partial charge >= 0.3 is 11.9 Å². The monoisotopic (exact) mass is 392 g/mol. The molecule has 0 saturated heterocycles. The Bertz CT molecular complexity index is 824. The highest BCUT2D eigenvalue weighted by Crippen LogP contribution is 2.42. The maximum atomic E-state index is 11.6. The van der Waals surface area contributed by atoms with Crippen molar-refractivity contribution in [2.75, 3.05) is 0 Å². The molecule has 1 aliphatic carbocycles. The third kappa shape index (κ3) is 1.56. The molecular weight excluding hydrogens is 388 g/mol. The van der Waals surface area contributed by atoms with E-state index in [2.05, 4.69) is 42.7 Å². The average Bonchev–Trinajstić information content (AvgIpc) is 2.87. The Kier molecular flexibility index (Phi) is 2.47. The molecule has 2 aromatic carbocycles. The van der Waals surface area contributed by atoms with Gasteiger partial charge in [-0.15, -0.1) is 0 Å². The largest absolute Gasteiger partial charge is 0.386 e. The minimum absolute atomic E-state index is 0.362. The van der Waals surface area contributed by atoms with Crippen LogP contribution >= 0.6 is 31.9 Å². The van der Waals surface area contributed by atoms with Crippen LogP contribution in [0.5, 0.6) is 0 Å². The standard InChI is InChI=1S/C15H6Br2O3/c16-12-3-7-1-6-2-10-11(15(19)20-14(10)18)4-8(6)9(7)5-13(12)17/h2-5H,1H2. The molecule has 3 nitrogen and oxygen atoms in total. The fourth-order valence-corrected chi connectivity index (χ4v) is 3.50. The molecule has 5 heteroatoms. The van der Waals surface area contributed by atoms with Gasteiger partial charge in [-0.25, -0.2) is 9.59 Å². The molecule has 0 unspecified atom stereocenters. The highest BCUT2D eigenvalue weighted by molar-refractivity contribution is 9.13. The van der Waals surface area contributed by atoms with Crippen molar-refractivity contribution in [2.24, 2.45) is 0 Å². The quantitative estimate of drug-likeness (QED) is 0.426. The molecule has 20 heavy (non-hydrogen) atoms. The smallest absolute Gasteiger partial charge is 0.346 e. The van der Waals surface area contributed by atoms with E-state index in [0.29, 0.717) is 11.1 Å². The first-order valence-corrected chi connectivity index (χ1v) is 7.55. The van der Waals surface area contributed by atoms with Crippen molar-refractivity contribution in [3.63, 3.8) is 0 Å². The molecule has 0 radical (unpaired) electrons. The van der Waals surface area contributed by atoms with E-state index in [-0.39, 0.29) is 0 Å². The van der Waals surface area contributed by atoms with Gasteiger partial charge in [0.25, 0.3) is 0 Å². The number of carbonyl (C=O) groups is 2. The van der Waals surface area contributed by atoms with Crippen LogP contribution in [-0.4, -0.2) is 11.9 Å². The van der Waals surface area contributed by atoms with Crippen LogP contribution in [0, 0.1) is 0 Å². The van der Waals surface area contributed by atoms with E-state index in [9.17, 15) is 9.59 Å². The highest BCUT2D eigenvalue weighted by Gasteiger charge is 2.33. The number of carbonyl (C=O) groups excluding carboxylic acids is 2. The lowest BCUT2D eigenvalue weighted by atomic mass is 9.99. The van der Waals surface area contributed by atoms with E-state index in [4.69, 9.17) is 0 Å². The number of benzene rings is 2. The molecule has 1 aliphatic heterocycles. The van der Waals surface area contributed by atoms with Crippen molar-refractivity contribution >= 4 is 43.8 Å². The second-order valence-corrected chi connectivity index (χ2v) is 6.54. The minimum Gasteiger partial charge on any atom is -0.386 e. The predicted molar refractivity (Wildman–Crippen MR) is 79.8 cm³/mol. The van der Waals surface area contributed by atoms with Crippen molar-refractivity contribution in [3.05, 3.63) is 55.5 Å². The van der Waals surface area contributed by atoms with E-state index in [0.717, 1.165) is 32.1 Å². The van der Waals surface area contributed by atoms with Gasteiger partial charge in [-0.2, -0.15) is 0 Å². The van der Waals surface area contributed by atoms with E-state index < -0.39 is 11.9 Å². The van der Waals surface area contributed by atoms with Gasteiger partial charge in [0.15, 0.2) is 0 Å². The van der Waals surface area contributed by atoms with E-state index in [1.54, 1.807) is 12.1 Å². The number of hydrogen-bond donors (Lipinski definition) is 0. The van der Waals surface area contributed by atoms with Crippen LogP contribution in [-0.2, 0) is 11.2 Å². The number of fused-ring (bicyclic) bond motifs is 4. The summed E-state index contributed by atoms with van der Waals surface area (Å²) in [5, 5.41) is 0. The molecule has 4 rings (SSSR count). The third-order valence-corrected chi connectivity index (χ3v) is 5.53. The predicted octanol–water partition coefficient (Wildman–Crippen LogP) is 4.09. The molecule has 2 aromatic rings. The van der Waals surface area contributed by atoms with Crippen LogP contribution in [0.25, 0.3) is 11.1 Å². The Hall–Kier alpha value is -1.46. The van der Waals surface area contributed by atoms with Crippen LogP contribution < -0.4 is 0 Å². The van der Waals surface area contributed by atoms with Crippen molar-refractivity contribution in [2.45, 2.75) is 6.42 Å². The molecule has 0 bridgehead atoms. The summed E-state index contributed by atoms with van der Waals surface area (Å²) in [5.74, 6) is -1.11. The summed E-state index contributed by atoms with van der Waals surface area (Å²) >= 11 is 6.98. The molecule has 98 valence electrons. The molecule has 0 fully saturated rings. The fraction of sp³-hybridized carbons (Fsp3) is 0.0667. The van der Waals surface area contributed by atoms with E-state index in [1.165, 1.54) is 5.56 Å². The molecule has 0 amide bonds. The van der Waals surface area contributed by atoms with Gasteiger partial charge in [-0.05, 0) is 84.8 Å². The number of cyclic esters (lactones) is 2. The summed E-state index contributed by atoms with van der Waals surface area (Å²) in [6.45, 7) is 0. The number of hydrogen-bond acceptors (Lipinski definition) is 3. The van der Waals surface area contributed by atoms with Crippen LogP contribution in [0.1, 0.15) is 31.8 Å².